The Morgan fingerprint density at radius 2 is 2.30 bits per heavy atom. The molecule has 1 aromatic heterocycles. The Labute approximate surface area is 117 Å². The standard InChI is InChI=1S/C14H19N3O3/c1-17-9-11(8-16-17)3-4-12(18)15-10-14(5-2-6-14)7-13(19)20/h3-4,8-9H,2,5-7,10H2,1H3,(H,15,18)(H,19,20)/b4-3+. The number of carboxylic acids is 1. The number of hydrogen-bond acceptors (Lipinski definition) is 3. The van der Waals surface area contributed by atoms with Gasteiger partial charge < -0.3 is 10.4 Å². The van der Waals surface area contributed by atoms with Gasteiger partial charge in [0.15, 0.2) is 0 Å². The molecule has 108 valence electrons. The summed E-state index contributed by atoms with van der Waals surface area (Å²) in [5.41, 5.74) is 0.607. The fraction of sp³-hybridized carbons (Fsp3) is 0.500. The number of amides is 1. The Hall–Kier alpha value is -2.11. The summed E-state index contributed by atoms with van der Waals surface area (Å²) in [6.07, 6.45) is 9.51. The Balaban J connectivity index is 1.82. The molecule has 6 nitrogen and oxygen atoms in total. The van der Waals surface area contributed by atoms with E-state index >= 15 is 0 Å². The minimum atomic E-state index is -0.801. The summed E-state index contributed by atoms with van der Waals surface area (Å²) in [6.45, 7) is 0.426. The molecule has 1 amide bonds. The Kier molecular flexibility index (Phi) is 4.22. The van der Waals surface area contributed by atoms with E-state index in [0.717, 1.165) is 24.8 Å². The molecule has 2 N–H and O–H groups in total. The average molecular weight is 277 g/mol. The molecule has 1 aromatic rings. The molecule has 1 saturated carbocycles. The fourth-order valence-corrected chi connectivity index (χ4v) is 2.45. The van der Waals surface area contributed by atoms with Crippen molar-refractivity contribution in [3.8, 4) is 0 Å². The van der Waals surface area contributed by atoms with Crippen molar-refractivity contribution in [2.24, 2.45) is 12.5 Å². The van der Waals surface area contributed by atoms with E-state index in [0.29, 0.717) is 6.54 Å². The van der Waals surface area contributed by atoms with Crippen molar-refractivity contribution >= 4 is 18.0 Å². The minimum Gasteiger partial charge on any atom is -0.481 e. The van der Waals surface area contributed by atoms with Crippen LogP contribution in [0, 0.1) is 5.41 Å². The average Bonchev–Trinajstić information content (AvgIpc) is 2.75. The highest BCUT2D eigenvalue weighted by atomic mass is 16.4. The molecule has 1 heterocycles. The second-order valence-corrected chi connectivity index (χ2v) is 5.42. The number of carbonyl (C=O) groups excluding carboxylic acids is 1. The first-order valence-corrected chi connectivity index (χ1v) is 6.65. The van der Waals surface area contributed by atoms with E-state index in [1.54, 1.807) is 17.0 Å². The Bertz CT molecular complexity index is 530. The molecule has 0 aliphatic heterocycles. The molecular weight excluding hydrogens is 258 g/mol. The quantitative estimate of drug-likeness (QED) is 0.765. The highest BCUT2D eigenvalue weighted by molar-refractivity contribution is 5.91. The Morgan fingerprint density at radius 1 is 1.55 bits per heavy atom. The van der Waals surface area contributed by atoms with Crippen molar-refractivity contribution in [1.29, 1.82) is 0 Å². The first kappa shape index (κ1) is 14.3. The first-order valence-electron chi connectivity index (χ1n) is 6.65. The lowest BCUT2D eigenvalue weighted by Crippen LogP contribution is -2.43. The molecular formula is C14H19N3O3. The summed E-state index contributed by atoms with van der Waals surface area (Å²) < 4.78 is 1.66. The molecule has 1 aliphatic rings. The van der Waals surface area contributed by atoms with Crippen molar-refractivity contribution in [1.82, 2.24) is 15.1 Å². The summed E-state index contributed by atoms with van der Waals surface area (Å²) in [5.74, 6) is -1.00. The maximum Gasteiger partial charge on any atom is 0.303 e. The number of carbonyl (C=O) groups is 2. The van der Waals surface area contributed by atoms with Crippen LogP contribution < -0.4 is 5.32 Å². The van der Waals surface area contributed by atoms with Crippen molar-refractivity contribution in [3.63, 3.8) is 0 Å². The number of aromatic nitrogens is 2. The highest BCUT2D eigenvalue weighted by Gasteiger charge is 2.38. The van der Waals surface area contributed by atoms with E-state index in [9.17, 15) is 9.59 Å². The maximum absolute atomic E-state index is 11.7. The van der Waals surface area contributed by atoms with Crippen LogP contribution in [0.3, 0.4) is 0 Å². The number of nitrogens with zero attached hydrogens (tertiary/aromatic N) is 2. The summed E-state index contributed by atoms with van der Waals surface area (Å²) in [4.78, 5) is 22.6. The van der Waals surface area contributed by atoms with E-state index in [4.69, 9.17) is 5.11 Å². The fourth-order valence-electron chi connectivity index (χ4n) is 2.45. The van der Waals surface area contributed by atoms with Gasteiger partial charge in [0.05, 0.1) is 12.6 Å². The van der Waals surface area contributed by atoms with E-state index in [2.05, 4.69) is 10.4 Å². The molecule has 0 spiro atoms. The molecule has 1 aliphatic carbocycles. The summed E-state index contributed by atoms with van der Waals surface area (Å²) in [6, 6.07) is 0. The molecule has 1 fully saturated rings. The van der Waals surface area contributed by atoms with E-state index in [1.165, 1.54) is 6.08 Å². The van der Waals surface area contributed by atoms with Crippen LogP contribution in [0.4, 0.5) is 0 Å². The molecule has 2 rings (SSSR count). The van der Waals surface area contributed by atoms with Gasteiger partial charge in [-0.25, -0.2) is 0 Å². The zero-order chi connectivity index (χ0) is 14.6. The zero-order valence-electron chi connectivity index (χ0n) is 11.5. The van der Waals surface area contributed by atoms with Gasteiger partial charge in [0.2, 0.25) is 5.91 Å². The van der Waals surface area contributed by atoms with Crippen molar-refractivity contribution in [3.05, 3.63) is 24.0 Å². The molecule has 0 bridgehead atoms. The third-order valence-electron chi connectivity index (χ3n) is 3.73. The lowest BCUT2D eigenvalue weighted by atomic mass is 9.66. The predicted octanol–water partition coefficient (Wildman–Crippen LogP) is 1.19. The molecule has 0 aromatic carbocycles. The summed E-state index contributed by atoms with van der Waals surface area (Å²) >= 11 is 0. The lowest BCUT2D eigenvalue weighted by molar-refractivity contribution is -0.141. The third kappa shape index (κ3) is 3.69. The Morgan fingerprint density at radius 3 is 2.80 bits per heavy atom. The topological polar surface area (TPSA) is 84.2 Å². The molecule has 0 saturated heterocycles. The number of aliphatic carboxylic acids is 1. The van der Waals surface area contributed by atoms with Crippen LogP contribution in [-0.4, -0.2) is 33.3 Å². The molecule has 0 atom stereocenters. The molecule has 0 unspecified atom stereocenters. The number of rotatable bonds is 6. The normalized spacial score (nSPS) is 16.9. The number of nitrogens with one attached hydrogen (secondary N) is 1. The number of carboxylic acid groups (broad SMARTS) is 1. The second kappa shape index (κ2) is 5.90. The van der Waals surface area contributed by atoms with Crippen LogP contribution >= 0.6 is 0 Å². The molecule has 20 heavy (non-hydrogen) atoms. The van der Waals surface area contributed by atoms with Crippen LogP contribution in [0.15, 0.2) is 18.5 Å². The van der Waals surface area contributed by atoms with Crippen molar-refractivity contribution < 1.29 is 14.7 Å². The van der Waals surface area contributed by atoms with Gasteiger partial charge in [-0.3, -0.25) is 14.3 Å². The molecule has 0 radical (unpaired) electrons. The smallest absolute Gasteiger partial charge is 0.303 e. The largest absolute Gasteiger partial charge is 0.481 e. The number of aryl methyl sites for hydroxylation is 1. The van der Waals surface area contributed by atoms with E-state index < -0.39 is 5.97 Å². The SMILES string of the molecule is Cn1cc(/C=C/C(=O)NCC2(CC(=O)O)CCC2)cn1. The highest BCUT2D eigenvalue weighted by Crippen LogP contribution is 2.43. The summed E-state index contributed by atoms with van der Waals surface area (Å²) in [5, 5.41) is 15.7. The third-order valence-corrected chi connectivity index (χ3v) is 3.73. The van der Waals surface area contributed by atoms with Crippen LogP contribution in [0.2, 0.25) is 0 Å². The predicted molar refractivity (Wildman–Crippen MR) is 73.8 cm³/mol. The minimum absolute atomic E-state index is 0.125. The van der Waals surface area contributed by atoms with Gasteiger partial charge in [-0.2, -0.15) is 5.10 Å². The van der Waals surface area contributed by atoms with Crippen molar-refractivity contribution in [2.75, 3.05) is 6.54 Å². The molecule has 6 heteroatoms. The monoisotopic (exact) mass is 277 g/mol. The van der Waals surface area contributed by atoms with Gasteiger partial charge >= 0.3 is 5.97 Å². The van der Waals surface area contributed by atoms with Gasteiger partial charge in [0, 0.05) is 31.4 Å². The maximum atomic E-state index is 11.7. The van der Waals surface area contributed by atoms with Gasteiger partial charge in [-0.05, 0) is 24.3 Å². The zero-order valence-corrected chi connectivity index (χ0v) is 11.5. The van der Waals surface area contributed by atoms with Gasteiger partial charge in [-0.1, -0.05) is 6.42 Å². The van der Waals surface area contributed by atoms with Gasteiger partial charge in [-0.15, -0.1) is 0 Å². The second-order valence-electron chi connectivity index (χ2n) is 5.42. The first-order chi connectivity index (χ1) is 9.49. The van der Waals surface area contributed by atoms with Crippen LogP contribution in [-0.2, 0) is 16.6 Å². The van der Waals surface area contributed by atoms with E-state index in [-0.39, 0.29) is 17.7 Å². The van der Waals surface area contributed by atoms with Crippen LogP contribution in [0.5, 0.6) is 0 Å². The van der Waals surface area contributed by atoms with Gasteiger partial charge in [0.1, 0.15) is 0 Å². The van der Waals surface area contributed by atoms with Crippen molar-refractivity contribution in [2.45, 2.75) is 25.7 Å². The van der Waals surface area contributed by atoms with Crippen LogP contribution in [0.1, 0.15) is 31.2 Å². The summed E-state index contributed by atoms with van der Waals surface area (Å²) in [7, 11) is 1.81. The number of hydrogen-bond donors (Lipinski definition) is 2. The van der Waals surface area contributed by atoms with Gasteiger partial charge in [0.25, 0.3) is 0 Å². The lowest BCUT2D eigenvalue weighted by Gasteiger charge is -2.40. The van der Waals surface area contributed by atoms with E-state index in [1.807, 2.05) is 13.2 Å². The van der Waals surface area contributed by atoms with Crippen LogP contribution in [0.25, 0.3) is 6.08 Å².